The van der Waals surface area contributed by atoms with Crippen molar-refractivity contribution in [3.63, 3.8) is 0 Å². The third-order valence-corrected chi connectivity index (χ3v) is 4.74. The number of nitrogens with zero attached hydrogens (tertiary/aromatic N) is 1. The van der Waals surface area contributed by atoms with Gasteiger partial charge in [0.1, 0.15) is 11.6 Å². The van der Waals surface area contributed by atoms with Crippen molar-refractivity contribution < 1.29 is 32.1 Å². The van der Waals surface area contributed by atoms with Crippen molar-refractivity contribution in [2.24, 2.45) is 0 Å². The molecule has 1 fully saturated rings. The highest BCUT2D eigenvalue weighted by atomic mass is 35.5. The quantitative estimate of drug-likeness (QED) is 0.721. The monoisotopic (exact) mass is 415 g/mol. The number of hydrogen-bond acceptors (Lipinski definition) is 4. The SMILES string of the molecule is COc1ccc(F)cc1C(C)(C)CC(O)(CN1CCOCC1)C(F)(F)F.Cl. The number of methoxy groups -OCH3 is 1. The van der Waals surface area contributed by atoms with Crippen molar-refractivity contribution in [2.75, 3.05) is 40.0 Å². The Labute approximate surface area is 162 Å². The first-order valence-electron chi connectivity index (χ1n) is 8.42. The van der Waals surface area contributed by atoms with Crippen LogP contribution in [0.2, 0.25) is 0 Å². The van der Waals surface area contributed by atoms with Crippen molar-refractivity contribution in [2.45, 2.75) is 37.5 Å². The number of hydrogen-bond donors (Lipinski definition) is 1. The first kappa shape index (κ1) is 23.9. The van der Waals surface area contributed by atoms with E-state index in [2.05, 4.69) is 0 Å². The third-order valence-electron chi connectivity index (χ3n) is 4.74. The largest absolute Gasteiger partial charge is 0.496 e. The number of halogens is 5. The second-order valence-electron chi connectivity index (χ2n) is 7.32. The Bertz CT molecular complexity index is 621. The summed E-state index contributed by atoms with van der Waals surface area (Å²) < 4.78 is 65.3. The molecule has 0 aromatic heterocycles. The molecule has 0 amide bonds. The minimum Gasteiger partial charge on any atom is -0.496 e. The van der Waals surface area contributed by atoms with E-state index in [1.165, 1.54) is 24.1 Å². The summed E-state index contributed by atoms with van der Waals surface area (Å²) >= 11 is 0. The number of rotatable bonds is 6. The standard InChI is InChI=1S/C18H25F4NO3.ClH/c1-16(2,14-10-13(19)4-5-15(14)25-3)11-17(24,18(20,21)22)12-23-6-8-26-9-7-23;/h4-5,10,24H,6-9,11-12H2,1-3H3;1H. The topological polar surface area (TPSA) is 41.9 Å². The van der Waals surface area contributed by atoms with E-state index in [-0.39, 0.29) is 23.7 Å². The second-order valence-corrected chi connectivity index (χ2v) is 7.32. The molecule has 27 heavy (non-hydrogen) atoms. The second kappa shape index (κ2) is 8.94. The van der Waals surface area contributed by atoms with Crippen LogP contribution in [-0.4, -0.2) is 61.7 Å². The van der Waals surface area contributed by atoms with E-state index in [1.54, 1.807) is 13.8 Å². The van der Waals surface area contributed by atoms with Crippen LogP contribution < -0.4 is 4.74 Å². The minimum absolute atomic E-state index is 0. The lowest BCUT2D eigenvalue weighted by Crippen LogP contribution is -2.57. The van der Waals surface area contributed by atoms with Crippen LogP contribution in [0.3, 0.4) is 0 Å². The molecule has 156 valence electrons. The summed E-state index contributed by atoms with van der Waals surface area (Å²) in [5.74, 6) is -0.287. The number of morpholine rings is 1. The maximum atomic E-state index is 13.8. The summed E-state index contributed by atoms with van der Waals surface area (Å²) in [6.07, 6.45) is -5.45. The smallest absolute Gasteiger partial charge is 0.418 e. The number of aliphatic hydroxyl groups is 1. The molecular weight excluding hydrogens is 390 g/mol. The van der Waals surface area contributed by atoms with Crippen LogP contribution in [-0.2, 0) is 10.2 Å². The normalized spacial score (nSPS) is 18.5. The number of β-amino-alcohol motifs (C(OH)–C–C–N with tert-alkyl or cyclic N) is 1. The van der Waals surface area contributed by atoms with Gasteiger partial charge >= 0.3 is 6.18 Å². The Morgan fingerprint density at radius 2 is 1.78 bits per heavy atom. The van der Waals surface area contributed by atoms with Crippen molar-refractivity contribution in [1.29, 1.82) is 0 Å². The Kier molecular flexibility index (Phi) is 7.93. The fourth-order valence-corrected chi connectivity index (χ4v) is 3.41. The van der Waals surface area contributed by atoms with Crippen LogP contribution in [0.4, 0.5) is 17.6 Å². The zero-order chi connectivity index (χ0) is 19.6. The van der Waals surface area contributed by atoms with E-state index in [9.17, 15) is 22.7 Å². The summed E-state index contributed by atoms with van der Waals surface area (Å²) in [7, 11) is 1.37. The molecule has 1 aliphatic heterocycles. The lowest BCUT2D eigenvalue weighted by molar-refractivity contribution is -0.273. The van der Waals surface area contributed by atoms with Gasteiger partial charge in [-0.25, -0.2) is 4.39 Å². The molecule has 1 atom stereocenters. The summed E-state index contributed by atoms with van der Waals surface area (Å²) in [6.45, 7) is 3.83. The number of benzene rings is 1. The molecule has 0 radical (unpaired) electrons. The molecule has 2 rings (SSSR count). The molecule has 0 aliphatic carbocycles. The highest BCUT2D eigenvalue weighted by molar-refractivity contribution is 5.85. The van der Waals surface area contributed by atoms with E-state index in [0.29, 0.717) is 26.3 Å². The van der Waals surface area contributed by atoms with Crippen molar-refractivity contribution in [3.05, 3.63) is 29.6 Å². The van der Waals surface area contributed by atoms with Gasteiger partial charge in [0.25, 0.3) is 0 Å². The summed E-state index contributed by atoms with van der Waals surface area (Å²) in [5, 5.41) is 10.6. The Morgan fingerprint density at radius 3 is 2.30 bits per heavy atom. The van der Waals surface area contributed by atoms with Gasteiger partial charge in [0.15, 0.2) is 5.60 Å². The molecule has 1 saturated heterocycles. The Balaban J connectivity index is 0.00000364. The average molecular weight is 416 g/mol. The first-order valence-corrected chi connectivity index (χ1v) is 8.42. The van der Waals surface area contributed by atoms with Crippen LogP contribution >= 0.6 is 12.4 Å². The lowest BCUT2D eigenvalue weighted by Gasteiger charge is -2.41. The minimum atomic E-state index is -4.83. The van der Waals surface area contributed by atoms with Crippen molar-refractivity contribution in [1.82, 2.24) is 4.90 Å². The van der Waals surface area contributed by atoms with E-state index >= 15 is 0 Å². The van der Waals surface area contributed by atoms with Crippen molar-refractivity contribution in [3.8, 4) is 5.75 Å². The van der Waals surface area contributed by atoms with Gasteiger partial charge < -0.3 is 14.6 Å². The highest BCUT2D eigenvalue weighted by Crippen LogP contribution is 2.44. The van der Waals surface area contributed by atoms with Gasteiger partial charge in [-0.1, -0.05) is 13.8 Å². The predicted molar refractivity (Wildman–Crippen MR) is 96.1 cm³/mol. The zero-order valence-corrected chi connectivity index (χ0v) is 16.4. The van der Waals surface area contributed by atoms with Gasteiger partial charge in [-0.3, -0.25) is 4.90 Å². The number of ether oxygens (including phenoxy) is 2. The molecule has 0 spiro atoms. The number of alkyl halides is 3. The van der Waals surface area contributed by atoms with Crippen molar-refractivity contribution >= 4 is 12.4 Å². The van der Waals surface area contributed by atoms with Gasteiger partial charge in [-0.15, -0.1) is 12.4 Å². The maximum absolute atomic E-state index is 13.8. The molecule has 1 heterocycles. The fraction of sp³-hybridized carbons (Fsp3) is 0.667. The van der Waals surface area contributed by atoms with Crippen LogP contribution in [0.5, 0.6) is 5.75 Å². The van der Waals surface area contributed by atoms with E-state index in [0.717, 1.165) is 6.07 Å². The van der Waals surface area contributed by atoms with Crippen LogP contribution in [0.25, 0.3) is 0 Å². The maximum Gasteiger partial charge on any atom is 0.418 e. The van der Waals surface area contributed by atoms with Gasteiger partial charge in [-0.2, -0.15) is 13.2 Å². The molecule has 0 bridgehead atoms. The van der Waals surface area contributed by atoms with Crippen LogP contribution in [0.1, 0.15) is 25.8 Å². The van der Waals surface area contributed by atoms with E-state index in [4.69, 9.17) is 9.47 Å². The summed E-state index contributed by atoms with van der Waals surface area (Å²) in [4.78, 5) is 1.54. The molecule has 1 aromatic rings. The molecule has 1 unspecified atom stereocenters. The predicted octanol–water partition coefficient (Wildman–Crippen LogP) is 3.55. The molecule has 1 aromatic carbocycles. The van der Waals surface area contributed by atoms with Gasteiger partial charge in [0.2, 0.25) is 0 Å². The van der Waals surface area contributed by atoms with E-state index < -0.39 is 36.0 Å². The highest BCUT2D eigenvalue weighted by Gasteiger charge is 2.56. The van der Waals surface area contributed by atoms with Crippen LogP contribution in [0.15, 0.2) is 18.2 Å². The third kappa shape index (κ3) is 5.70. The van der Waals surface area contributed by atoms with Gasteiger partial charge in [-0.05, 0) is 30.0 Å². The summed E-state index contributed by atoms with van der Waals surface area (Å²) in [6, 6.07) is 3.72. The Hall–Kier alpha value is -1.09. The van der Waals surface area contributed by atoms with Gasteiger partial charge in [0, 0.05) is 25.2 Å². The summed E-state index contributed by atoms with van der Waals surface area (Å²) in [5.41, 5.74) is -3.83. The molecule has 1 N–H and O–H groups in total. The zero-order valence-electron chi connectivity index (χ0n) is 15.6. The fourth-order valence-electron chi connectivity index (χ4n) is 3.41. The Morgan fingerprint density at radius 1 is 1.19 bits per heavy atom. The molecule has 4 nitrogen and oxygen atoms in total. The molecule has 9 heteroatoms. The molecular formula is C18H26ClF4NO3. The first-order chi connectivity index (χ1) is 12.0. The van der Waals surface area contributed by atoms with Crippen LogP contribution in [0, 0.1) is 5.82 Å². The molecule has 0 saturated carbocycles. The molecule has 1 aliphatic rings. The lowest BCUT2D eigenvalue weighted by atomic mass is 9.74. The van der Waals surface area contributed by atoms with E-state index in [1.807, 2.05) is 0 Å². The average Bonchev–Trinajstić information content (AvgIpc) is 2.54. The van der Waals surface area contributed by atoms with Gasteiger partial charge in [0.05, 0.1) is 20.3 Å².